The van der Waals surface area contributed by atoms with Gasteiger partial charge in [-0.3, -0.25) is 9.36 Å². The number of ether oxygens (including phenoxy) is 1. The molecular formula is C18H17FN2O2. The fraction of sp³-hybridized carbons (Fsp3) is 0.222. The van der Waals surface area contributed by atoms with Gasteiger partial charge in [0.2, 0.25) is 0 Å². The predicted octanol–water partition coefficient (Wildman–Crippen LogP) is 3.23. The molecule has 2 aromatic carbocycles. The minimum Gasteiger partial charge on any atom is -0.491 e. The van der Waals surface area contributed by atoms with Crippen LogP contribution in [-0.4, -0.2) is 16.2 Å². The van der Waals surface area contributed by atoms with Gasteiger partial charge in [0.1, 0.15) is 18.2 Å². The summed E-state index contributed by atoms with van der Waals surface area (Å²) in [7, 11) is 0. The van der Waals surface area contributed by atoms with Crippen molar-refractivity contribution in [3.05, 3.63) is 70.0 Å². The van der Waals surface area contributed by atoms with Crippen molar-refractivity contribution < 1.29 is 9.13 Å². The molecule has 0 saturated heterocycles. The summed E-state index contributed by atoms with van der Waals surface area (Å²) >= 11 is 0. The highest BCUT2D eigenvalue weighted by Gasteiger charge is 2.06. The van der Waals surface area contributed by atoms with E-state index in [9.17, 15) is 9.18 Å². The lowest BCUT2D eigenvalue weighted by molar-refractivity contribution is 0.294. The quantitative estimate of drug-likeness (QED) is 0.743. The summed E-state index contributed by atoms with van der Waals surface area (Å²) in [5.74, 6) is 0.411. The number of hydrogen-bond donors (Lipinski definition) is 0. The zero-order chi connectivity index (χ0) is 16.4. The molecule has 4 nitrogen and oxygen atoms in total. The number of nitrogens with zero attached hydrogens (tertiary/aromatic N) is 2. The highest BCUT2D eigenvalue weighted by molar-refractivity contribution is 5.77. The van der Waals surface area contributed by atoms with Crippen LogP contribution in [0.4, 0.5) is 4.39 Å². The van der Waals surface area contributed by atoms with Gasteiger partial charge in [-0.05, 0) is 43.2 Å². The molecule has 0 aliphatic rings. The van der Waals surface area contributed by atoms with Crippen molar-refractivity contribution in [1.29, 1.82) is 0 Å². The summed E-state index contributed by atoms with van der Waals surface area (Å²) in [5, 5.41) is 0.403. The molecule has 23 heavy (non-hydrogen) atoms. The third kappa shape index (κ3) is 3.23. The maximum Gasteiger partial charge on any atom is 0.261 e. The van der Waals surface area contributed by atoms with Crippen LogP contribution in [0.3, 0.4) is 0 Å². The Hall–Kier alpha value is -2.69. The van der Waals surface area contributed by atoms with Crippen molar-refractivity contribution in [3.63, 3.8) is 0 Å². The van der Waals surface area contributed by atoms with Gasteiger partial charge in [0, 0.05) is 6.07 Å². The Balaban J connectivity index is 1.77. The average molecular weight is 312 g/mol. The first-order valence-corrected chi connectivity index (χ1v) is 7.39. The fourth-order valence-corrected chi connectivity index (χ4v) is 2.41. The third-order valence-corrected chi connectivity index (χ3v) is 3.72. The maximum absolute atomic E-state index is 13.2. The van der Waals surface area contributed by atoms with Crippen LogP contribution in [0.25, 0.3) is 10.9 Å². The van der Waals surface area contributed by atoms with E-state index in [1.807, 2.05) is 32.0 Å². The number of rotatable bonds is 4. The zero-order valence-electron chi connectivity index (χ0n) is 13.0. The Morgan fingerprint density at radius 1 is 1.17 bits per heavy atom. The molecule has 0 aliphatic heterocycles. The van der Waals surface area contributed by atoms with Crippen LogP contribution in [0.15, 0.2) is 47.5 Å². The standard InChI is InChI=1S/C18H17FN2O2/c1-12-3-4-13(2)17(9-12)23-8-7-21-11-20-16-10-14(19)5-6-15(16)18(21)22/h3-6,9-11H,7-8H2,1-2H3. The van der Waals surface area contributed by atoms with Crippen molar-refractivity contribution in [3.8, 4) is 5.75 Å². The van der Waals surface area contributed by atoms with Crippen molar-refractivity contribution in [2.75, 3.05) is 6.61 Å². The summed E-state index contributed by atoms with van der Waals surface area (Å²) < 4.78 is 20.4. The number of aryl methyl sites for hydroxylation is 2. The summed E-state index contributed by atoms with van der Waals surface area (Å²) in [6, 6.07) is 9.99. The van der Waals surface area contributed by atoms with Gasteiger partial charge in [0.15, 0.2) is 0 Å². The Kier molecular flexibility index (Phi) is 4.10. The molecule has 118 valence electrons. The van der Waals surface area contributed by atoms with E-state index < -0.39 is 5.82 Å². The van der Waals surface area contributed by atoms with Crippen LogP contribution in [0.5, 0.6) is 5.75 Å². The zero-order valence-corrected chi connectivity index (χ0v) is 13.0. The van der Waals surface area contributed by atoms with E-state index >= 15 is 0 Å². The second-order valence-electron chi connectivity index (χ2n) is 5.52. The second-order valence-corrected chi connectivity index (χ2v) is 5.52. The average Bonchev–Trinajstić information content (AvgIpc) is 2.53. The molecule has 0 amide bonds. The summed E-state index contributed by atoms with van der Waals surface area (Å²) in [5.41, 5.74) is 2.34. The molecule has 0 N–H and O–H groups in total. The Bertz CT molecular complexity index is 919. The predicted molar refractivity (Wildman–Crippen MR) is 87.4 cm³/mol. The number of halogens is 1. The molecule has 0 bridgehead atoms. The molecule has 5 heteroatoms. The van der Waals surface area contributed by atoms with Crippen molar-refractivity contribution >= 4 is 10.9 Å². The van der Waals surface area contributed by atoms with E-state index in [2.05, 4.69) is 4.98 Å². The number of hydrogen-bond acceptors (Lipinski definition) is 3. The van der Waals surface area contributed by atoms with Crippen LogP contribution < -0.4 is 10.3 Å². The van der Waals surface area contributed by atoms with Crippen LogP contribution >= 0.6 is 0 Å². The van der Waals surface area contributed by atoms with Gasteiger partial charge in [-0.2, -0.15) is 0 Å². The lowest BCUT2D eigenvalue weighted by Crippen LogP contribution is -2.23. The monoisotopic (exact) mass is 312 g/mol. The molecule has 3 rings (SSSR count). The van der Waals surface area contributed by atoms with E-state index in [-0.39, 0.29) is 5.56 Å². The van der Waals surface area contributed by atoms with Crippen LogP contribution in [-0.2, 0) is 6.54 Å². The maximum atomic E-state index is 13.2. The Labute approximate surface area is 133 Å². The molecule has 0 unspecified atom stereocenters. The van der Waals surface area contributed by atoms with Crippen LogP contribution in [0, 0.1) is 19.7 Å². The smallest absolute Gasteiger partial charge is 0.261 e. The molecule has 1 aromatic heterocycles. The first-order chi connectivity index (χ1) is 11.0. The minimum absolute atomic E-state index is 0.195. The van der Waals surface area contributed by atoms with Gasteiger partial charge in [0.25, 0.3) is 5.56 Å². The van der Waals surface area contributed by atoms with Gasteiger partial charge in [-0.15, -0.1) is 0 Å². The van der Waals surface area contributed by atoms with Gasteiger partial charge in [-0.1, -0.05) is 12.1 Å². The second kappa shape index (κ2) is 6.20. The van der Waals surface area contributed by atoms with E-state index in [0.29, 0.717) is 24.1 Å². The molecule has 0 radical (unpaired) electrons. The molecule has 0 atom stereocenters. The highest BCUT2D eigenvalue weighted by atomic mass is 19.1. The van der Waals surface area contributed by atoms with E-state index in [4.69, 9.17) is 4.74 Å². The first-order valence-electron chi connectivity index (χ1n) is 7.39. The van der Waals surface area contributed by atoms with Gasteiger partial charge < -0.3 is 4.74 Å². The van der Waals surface area contributed by atoms with Crippen LogP contribution in [0.1, 0.15) is 11.1 Å². The minimum atomic E-state index is -0.402. The van der Waals surface area contributed by atoms with Crippen molar-refractivity contribution in [2.45, 2.75) is 20.4 Å². The number of aromatic nitrogens is 2. The topological polar surface area (TPSA) is 44.1 Å². The summed E-state index contributed by atoms with van der Waals surface area (Å²) in [4.78, 5) is 16.5. The first kappa shape index (κ1) is 15.2. The molecule has 0 aliphatic carbocycles. The van der Waals surface area contributed by atoms with E-state index in [1.165, 1.54) is 29.1 Å². The number of fused-ring (bicyclic) bond motifs is 1. The van der Waals surface area contributed by atoms with Crippen molar-refractivity contribution in [2.24, 2.45) is 0 Å². The molecule has 0 saturated carbocycles. The fourth-order valence-electron chi connectivity index (χ4n) is 2.41. The number of benzene rings is 2. The Morgan fingerprint density at radius 3 is 2.83 bits per heavy atom. The molecule has 0 fully saturated rings. The van der Waals surface area contributed by atoms with Gasteiger partial charge >= 0.3 is 0 Å². The lowest BCUT2D eigenvalue weighted by atomic mass is 10.1. The van der Waals surface area contributed by atoms with Crippen LogP contribution in [0.2, 0.25) is 0 Å². The Morgan fingerprint density at radius 2 is 2.00 bits per heavy atom. The summed E-state index contributed by atoms with van der Waals surface area (Å²) in [6.07, 6.45) is 1.43. The molecule has 1 heterocycles. The molecular weight excluding hydrogens is 295 g/mol. The van der Waals surface area contributed by atoms with E-state index in [0.717, 1.165) is 16.9 Å². The van der Waals surface area contributed by atoms with Gasteiger partial charge in [0.05, 0.1) is 23.8 Å². The largest absolute Gasteiger partial charge is 0.491 e. The molecule has 3 aromatic rings. The highest BCUT2D eigenvalue weighted by Crippen LogP contribution is 2.19. The normalized spacial score (nSPS) is 10.9. The molecule has 0 spiro atoms. The summed E-state index contributed by atoms with van der Waals surface area (Å²) in [6.45, 7) is 4.72. The van der Waals surface area contributed by atoms with E-state index in [1.54, 1.807) is 0 Å². The third-order valence-electron chi connectivity index (χ3n) is 3.72. The van der Waals surface area contributed by atoms with Crippen molar-refractivity contribution in [1.82, 2.24) is 9.55 Å². The van der Waals surface area contributed by atoms with Gasteiger partial charge in [-0.25, -0.2) is 9.37 Å². The SMILES string of the molecule is Cc1ccc(C)c(OCCn2cnc3cc(F)ccc3c2=O)c1. The lowest BCUT2D eigenvalue weighted by Gasteiger charge is -2.11.